The average molecular weight is 397 g/mol. The van der Waals surface area contributed by atoms with Crippen LogP contribution in [0.15, 0.2) is 41.5 Å². The Morgan fingerprint density at radius 3 is 2.03 bits per heavy atom. The highest BCUT2D eigenvalue weighted by molar-refractivity contribution is 5.84. The van der Waals surface area contributed by atoms with Crippen molar-refractivity contribution in [2.45, 2.75) is 59.3 Å². The molecule has 5 nitrogen and oxygen atoms in total. The minimum absolute atomic E-state index is 0.115. The molecule has 2 aromatic rings. The lowest BCUT2D eigenvalue weighted by Gasteiger charge is -2.27. The first-order valence-corrected chi connectivity index (χ1v) is 9.77. The first kappa shape index (κ1) is 22.5. The molecule has 0 atom stereocenters. The van der Waals surface area contributed by atoms with Crippen LogP contribution in [0, 0.1) is 6.92 Å². The van der Waals surface area contributed by atoms with Crippen LogP contribution in [0.1, 0.15) is 63.8 Å². The Morgan fingerprint density at radius 2 is 1.55 bits per heavy atom. The van der Waals surface area contributed by atoms with Gasteiger partial charge in [-0.25, -0.2) is 5.43 Å². The third kappa shape index (κ3) is 6.34. The average Bonchev–Trinajstić information content (AvgIpc) is 2.60. The number of aromatic hydroxyl groups is 1. The Kier molecular flexibility index (Phi) is 6.73. The van der Waals surface area contributed by atoms with Crippen LogP contribution in [0.4, 0.5) is 0 Å². The van der Waals surface area contributed by atoms with E-state index in [1.807, 2.05) is 43.3 Å². The predicted molar refractivity (Wildman–Crippen MR) is 118 cm³/mol. The van der Waals surface area contributed by atoms with E-state index in [1.54, 1.807) is 6.21 Å². The molecule has 0 saturated carbocycles. The van der Waals surface area contributed by atoms with Gasteiger partial charge in [0, 0.05) is 11.1 Å². The Hall–Kier alpha value is -2.82. The third-order valence-corrected chi connectivity index (χ3v) is 4.54. The number of ether oxygens (including phenoxy) is 1. The summed E-state index contributed by atoms with van der Waals surface area (Å²) < 4.78 is 5.45. The highest BCUT2D eigenvalue weighted by Crippen LogP contribution is 2.39. The van der Waals surface area contributed by atoms with Crippen molar-refractivity contribution in [2.24, 2.45) is 5.10 Å². The van der Waals surface area contributed by atoms with Crippen molar-refractivity contribution in [1.29, 1.82) is 0 Å². The zero-order valence-electron chi connectivity index (χ0n) is 18.5. The molecule has 0 aliphatic carbocycles. The number of hydrogen-bond acceptors (Lipinski definition) is 4. The maximum absolute atomic E-state index is 12.0. The van der Waals surface area contributed by atoms with E-state index in [1.165, 1.54) is 0 Å². The molecule has 5 heteroatoms. The van der Waals surface area contributed by atoms with Crippen molar-refractivity contribution in [2.75, 3.05) is 6.61 Å². The van der Waals surface area contributed by atoms with Crippen LogP contribution < -0.4 is 10.2 Å². The van der Waals surface area contributed by atoms with Crippen LogP contribution in [0.3, 0.4) is 0 Å². The maximum atomic E-state index is 12.0. The normalized spacial score (nSPS) is 12.2. The molecule has 1 amide bonds. The van der Waals surface area contributed by atoms with Gasteiger partial charge in [-0.15, -0.1) is 0 Å². The number of carbonyl (C=O) groups is 1. The molecule has 0 saturated heterocycles. The first-order valence-electron chi connectivity index (χ1n) is 9.77. The summed E-state index contributed by atoms with van der Waals surface area (Å²) in [5.74, 6) is 0.614. The van der Waals surface area contributed by atoms with Gasteiger partial charge in [0.1, 0.15) is 11.5 Å². The molecule has 156 valence electrons. The summed E-state index contributed by atoms with van der Waals surface area (Å²) in [6.45, 7) is 14.2. The summed E-state index contributed by atoms with van der Waals surface area (Å²) in [4.78, 5) is 12.0. The summed E-state index contributed by atoms with van der Waals surface area (Å²) in [5, 5.41) is 14.8. The molecule has 0 spiro atoms. The summed E-state index contributed by atoms with van der Waals surface area (Å²) in [5.41, 5.74) is 5.68. The van der Waals surface area contributed by atoms with Crippen LogP contribution in [0.2, 0.25) is 0 Å². The van der Waals surface area contributed by atoms with Gasteiger partial charge in [0.25, 0.3) is 5.91 Å². The number of nitrogens with zero attached hydrogens (tertiary/aromatic N) is 1. The number of hydrazone groups is 1. The number of phenolic OH excluding ortho intramolecular Hbond substituents is 1. The second-order valence-electron chi connectivity index (χ2n) is 9.36. The Morgan fingerprint density at radius 1 is 1.03 bits per heavy atom. The topological polar surface area (TPSA) is 70.9 Å². The lowest BCUT2D eigenvalue weighted by Crippen LogP contribution is -2.24. The Labute approximate surface area is 173 Å². The van der Waals surface area contributed by atoms with Gasteiger partial charge in [0.15, 0.2) is 6.61 Å². The highest BCUT2D eigenvalue weighted by atomic mass is 16.5. The SMILES string of the molecule is Cc1ccc(OCC(=O)N/N=C/c2cc(C(C)(C)C)c(O)c(C(C)(C)C)c2)cc1. The van der Waals surface area contributed by atoms with Crippen molar-refractivity contribution in [3.05, 3.63) is 58.7 Å². The lowest BCUT2D eigenvalue weighted by molar-refractivity contribution is -0.123. The minimum atomic E-state index is -0.340. The molecule has 2 rings (SSSR count). The fraction of sp³-hybridized carbons (Fsp3) is 0.417. The van der Waals surface area contributed by atoms with Gasteiger partial charge < -0.3 is 9.84 Å². The second-order valence-corrected chi connectivity index (χ2v) is 9.36. The number of amides is 1. The van der Waals surface area contributed by atoms with Crippen LogP contribution >= 0.6 is 0 Å². The monoisotopic (exact) mass is 396 g/mol. The van der Waals surface area contributed by atoms with Gasteiger partial charge in [0.05, 0.1) is 6.21 Å². The molecule has 0 unspecified atom stereocenters. The summed E-state index contributed by atoms with van der Waals surface area (Å²) >= 11 is 0. The highest BCUT2D eigenvalue weighted by Gasteiger charge is 2.26. The molecule has 2 aromatic carbocycles. The van der Waals surface area contributed by atoms with E-state index < -0.39 is 0 Å². The zero-order chi connectivity index (χ0) is 21.8. The fourth-order valence-electron chi connectivity index (χ4n) is 2.87. The molecule has 0 radical (unpaired) electrons. The van der Waals surface area contributed by atoms with Gasteiger partial charge in [0.2, 0.25) is 0 Å². The lowest BCUT2D eigenvalue weighted by atomic mass is 9.78. The van der Waals surface area contributed by atoms with Crippen molar-refractivity contribution in [3.63, 3.8) is 0 Å². The van der Waals surface area contributed by atoms with E-state index in [0.29, 0.717) is 11.5 Å². The second kappa shape index (κ2) is 8.68. The minimum Gasteiger partial charge on any atom is -0.507 e. The number of benzene rings is 2. The quantitative estimate of drug-likeness (QED) is 0.562. The molecule has 0 fully saturated rings. The summed E-state index contributed by atoms with van der Waals surface area (Å²) in [6, 6.07) is 11.3. The number of rotatable bonds is 5. The number of aryl methyl sites for hydroxylation is 1. The molecule has 0 bridgehead atoms. The van der Waals surface area contributed by atoms with E-state index in [2.05, 4.69) is 52.1 Å². The van der Waals surface area contributed by atoms with E-state index in [-0.39, 0.29) is 23.3 Å². The van der Waals surface area contributed by atoms with Crippen LogP contribution in [0.25, 0.3) is 0 Å². The van der Waals surface area contributed by atoms with E-state index in [9.17, 15) is 9.90 Å². The van der Waals surface area contributed by atoms with Gasteiger partial charge >= 0.3 is 0 Å². The van der Waals surface area contributed by atoms with Gasteiger partial charge in [-0.1, -0.05) is 59.2 Å². The number of carbonyl (C=O) groups excluding carboxylic acids is 1. The number of nitrogens with one attached hydrogen (secondary N) is 1. The molecule has 0 heterocycles. The van der Waals surface area contributed by atoms with Crippen molar-refractivity contribution in [1.82, 2.24) is 5.43 Å². The molecule has 0 aliphatic rings. The third-order valence-electron chi connectivity index (χ3n) is 4.54. The first-order chi connectivity index (χ1) is 13.4. The largest absolute Gasteiger partial charge is 0.507 e. The summed E-state index contributed by atoms with van der Waals surface area (Å²) in [7, 11) is 0. The molecule has 29 heavy (non-hydrogen) atoms. The molecular weight excluding hydrogens is 364 g/mol. The van der Waals surface area contributed by atoms with E-state index >= 15 is 0 Å². The zero-order valence-corrected chi connectivity index (χ0v) is 18.5. The van der Waals surface area contributed by atoms with Gasteiger partial charge in [-0.05, 0) is 47.6 Å². The molecular formula is C24H32N2O3. The van der Waals surface area contributed by atoms with Crippen molar-refractivity contribution in [3.8, 4) is 11.5 Å². The Bertz CT molecular complexity index is 851. The van der Waals surface area contributed by atoms with Gasteiger partial charge in [-0.2, -0.15) is 5.10 Å². The molecule has 0 aromatic heterocycles. The van der Waals surface area contributed by atoms with Gasteiger partial charge in [-0.3, -0.25) is 4.79 Å². The Balaban J connectivity index is 2.11. The standard InChI is InChI=1S/C24H32N2O3/c1-16-8-10-18(11-9-16)29-15-21(27)26-25-14-17-12-19(23(2,3)4)22(28)20(13-17)24(5,6)7/h8-14,28H,15H2,1-7H3,(H,26,27)/b25-14+. The fourth-order valence-corrected chi connectivity index (χ4v) is 2.87. The predicted octanol–water partition coefficient (Wildman–Crippen LogP) is 4.82. The number of phenols is 1. The van der Waals surface area contributed by atoms with Crippen LogP contribution in [-0.2, 0) is 15.6 Å². The van der Waals surface area contributed by atoms with Crippen molar-refractivity contribution < 1.29 is 14.6 Å². The number of hydrogen-bond donors (Lipinski definition) is 2. The van der Waals surface area contributed by atoms with Crippen molar-refractivity contribution >= 4 is 12.1 Å². The summed E-state index contributed by atoms with van der Waals surface area (Å²) in [6.07, 6.45) is 1.59. The molecule has 2 N–H and O–H groups in total. The van der Waals surface area contributed by atoms with E-state index in [0.717, 1.165) is 22.3 Å². The van der Waals surface area contributed by atoms with Crippen LogP contribution in [-0.4, -0.2) is 23.8 Å². The maximum Gasteiger partial charge on any atom is 0.277 e. The van der Waals surface area contributed by atoms with Crippen LogP contribution in [0.5, 0.6) is 11.5 Å². The molecule has 0 aliphatic heterocycles. The van der Waals surface area contributed by atoms with E-state index in [4.69, 9.17) is 4.74 Å². The smallest absolute Gasteiger partial charge is 0.277 e.